The summed E-state index contributed by atoms with van der Waals surface area (Å²) >= 11 is 0. The van der Waals surface area contributed by atoms with Crippen molar-refractivity contribution < 1.29 is 33.8 Å². The summed E-state index contributed by atoms with van der Waals surface area (Å²) in [4.78, 5) is 47.0. The Morgan fingerprint density at radius 1 is 1.13 bits per heavy atom. The first-order valence-corrected chi connectivity index (χ1v) is 9.60. The van der Waals surface area contributed by atoms with E-state index in [0.717, 1.165) is 5.56 Å². The van der Waals surface area contributed by atoms with Gasteiger partial charge in [-0.2, -0.15) is 0 Å². The SMILES string of the molecule is CCOC(=O)[C@H](C)C[C@@H](NC(=O)C[C@H](O)CNC(=O)OCc1ccccc1)C(N)=O. The molecule has 5 N–H and O–H groups in total. The minimum atomic E-state index is -1.20. The molecule has 1 aromatic carbocycles. The molecule has 0 aliphatic rings. The molecule has 0 saturated heterocycles. The summed E-state index contributed by atoms with van der Waals surface area (Å²) in [6.45, 7) is 3.26. The standard InChI is InChI=1S/C20H29N3O7/c1-3-29-19(27)13(2)9-16(18(21)26)23-17(25)10-15(24)11-22-20(28)30-12-14-7-5-4-6-8-14/h4-8,13,15-16,24H,3,9-12H2,1-2H3,(H2,21,26)(H,22,28)(H,23,25)/t13-,15+,16-/m1/s1. The summed E-state index contributed by atoms with van der Waals surface area (Å²) < 4.78 is 9.86. The number of nitrogens with one attached hydrogen (secondary N) is 2. The monoisotopic (exact) mass is 423 g/mol. The Morgan fingerprint density at radius 3 is 2.40 bits per heavy atom. The number of primary amides is 1. The molecule has 3 amide bonds. The number of nitrogens with two attached hydrogens (primary N) is 1. The normalized spacial score (nSPS) is 13.4. The van der Waals surface area contributed by atoms with Gasteiger partial charge in [-0.25, -0.2) is 4.79 Å². The second-order valence-corrected chi connectivity index (χ2v) is 6.71. The Labute approximate surface area is 175 Å². The number of alkyl carbamates (subject to hydrolysis) is 1. The molecule has 0 fully saturated rings. The van der Waals surface area contributed by atoms with Crippen molar-refractivity contribution in [3.63, 3.8) is 0 Å². The van der Waals surface area contributed by atoms with Crippen molar-refractivity contribution in [2.45, 2.75) is 45.4 Å². The van der Waals surface area contributed by atoms with Crippen LogP contribution in [0.1, 0.15) is 32.3 Å². The first-order chi connectivity index (χ1) is 14.2. The molecule has 0 unspecified atom stereocenters. The van der Waals surface area contributed by atoms with Crippen molar-refractivity contribution in [2.24, 2.45) is 11.7 Å². The molecule has 0 heterocycles. The molecular weight excluding hydrogens is 394 g/mol. The number of esters is 1. The van der Waals surface area contributed by atoms with E-state index in [1.54, 1.807) is 26.0 Å². The minimum Gasteiger partial charge on any atom is -0.466 e. The van der Waals surface area contributed by atoms with Crippen LogP contribution in [0.3, 0.4) is 0 Å². The number of amides is 3. The number of aliphatic hydroxyl groups is 1. The van der Waals surface area contributed by atoms with Gasteiger partial charge in [-0.1, -0.05) is 37.3 Å². The fraction of sp³-hybridized carbons (Fsp3) is 0.500. The van der Waals surface area contributed by atoms with Gasteiger partial charge in [-0.3, -0.25) is 14.4 Å². The van der Waals surface area contributed by atoms with Gasteiger partial charge < -0.3 is 30.9 Å². The quantitative estimate of drug-likeness (QED) is 0.350. The Kier molecular flexibility index (Phi) is 10.9. The smallest absolute Gasteiger partial charge is 0.407 e. The van der Waals surface area contributed by atoms with Crippen LogP contribution in [0.4, 0.5) is 4.79 Å². The summed E-state index contributed by atoms with van der Waals surface area (Å²) in [7, 11) is 0. The van der Waals surface area contributed by atoms with Crippen LogP contribution in [-0.2, 0) is 30.5 Å². The number of ether oxygens (including phenoxy) is 2. The Hall–Kier alpha value is -3.14. The lowest BCUT2D eigenvalue weighted by Crippen LogP contribution is -2.47. The van der Waals surface area contributed by atoms with Crippen molar-refractivity contribution in [3.05, 3.63) is 35.9 Å². The topological polar surface area (TPSA) is 157 Å². The largest absolute Gasteiger partial charge is 0.466 e. The van der Waals surface area contributed by atoms with Gasteiger partial charge >= 0.3 is 12.1 Å². The van der Waals surface area contributed by atoms with Gasteiger partial charge in [0.2, 0.25) is 11.8 Å². The maximum Gasteiger partial charge on any atom is 0.407 e. The van der Waals surface area contributed by atoms with Crippen molar-refractivity contribution in [1.82, 2.24) is 10.6 Å². The van der Waals surface area contributed by atoms with Crippen molar-refractivity contribution in [1.29, 1.82) is 0 Å². The van der Waals surface area contributed by atoms with E-state index < -0.39 is 41.9 Å². The molecule has 10 heteroatoms. The summed E-state index contributed by atoms with van der Waals surface area (Å²) in [5.74, 6) is -2.61. The van der Waals surface area contributed by atoms with Gasteiger partial charge in [0.1, 0.15) is 12.6 Å². The predicted octanol–water partition coefficient (Wildman–Crippen LogP) is 0.223. The average Bonchev–Trinajstić information content (AvgIpc) is 2.70. The summed E-state index contributed by atoms with van der Waals surface area (Å²) in [6, 6.07) is 7.96. The van der Waals surface area contributed by atoms with E-state index in [9.17, 15) is 24.3 Å². The summed E-state index contributed by atoms with van der Waals surface area (Å²) in [6.07, 6.45) is -2.35. The van der Waals surface area contributed by atoms with E-state index in [1.807, 2.05) is 18.2 Å². The second kappa shape index (κ2) is 13.2. The lowest BCUT2D eigenvalue weighted by molar-refractivity contribution is -0.148. The molecule has 0 aliphatic carbocycles. The lowest BCUT2D eigenvalue weighted by Gasteiger charge is -2.20. The van der Waals surface area contributed by atoms with Crippen LogP contribution in [-0.4, -0.2) is 54.3 Å². The number of benzene rings is 1. The Morgan fingerprint density at radius 2 is 1.80 bits per heavy atom. The van der Waals surface area contributed by atoms with E-state index in [0.29, 0.717) is 0 Å². The summed E-state index contributed by atoms with van der Waals surface area (Å²) in [5, 5.41) is 14.7. The zero-order valence-electron chi connectivity index (χ0n) is 17.1. The average molecular weight is 423 g/mol. The molecule has 0 aliphatic heterocycles. The molecule has 0 saturated carbocycles. The van der Waals surface area contributed by atoms with Crippen LogP contribution in [0.15, 0.2) is 30.3 Å². The maximum atomic E-state index is 12.1. The Bertz CT molecular complexity index is 712. The van der Waals surface area contributed by atoms with Crippen LogP contribution < -0.4 is 16.4 Å². The highest BCUT2D eigenvalue weighted by Crippen LogP contribution is 2.09. The highest BCUT2D eigenvalue weighted by Gasteiger charge is 2.26. The first-order valence-electron chi connectivity index (χ1n) is 9.60. The molecule has 0 spiro atoms. The van der Waals surface area contributed by atoms with Gasteiger partial charge in [0.25, 0.3) is 0 Å². The van der Waals surface area contributed by atoms with Crippen LogP contribution >= 0.6 is 0 Å². The molecule has 3 atom stereocenters. The highest BCUT2D eigenvalue weighted by molar-refractivity contribution is 5.87. The fourth-order valence-corrected chi connectivity index (χ4v) is 2.50. The van der Waals surface area contributed by atoms with Crippen LogP contribution in [0.2, 0.25) is 0 Å². The second-order valence-electron chi connectivity index (χ2n) is 6.71. The third kappa shape index (κ3) is 9.87. The fourth-order valence-electron chi connectivity index (χ4n) is 2.50. The molecule has 10 nitrogen and oxygen atoms in total. The number of carbonyl (C=O) groups is 4. The number of aliphatic hydroxyl groups excluding tert-OH is 1. The molecule has 166 valence electrons. The van der Waals surface area contributed by atoms with E-state index in [4.69, 9.17) is 15.2 Å². The third-order valence-electron chi connectivity index (χ3n) is 4.07. The van der Waals surface area contributed by atoms with Crippen molar-refractivity contribution in [2.75, 3.05) is 13.2 Å². The highest BCUT2D eigenvalue weighted by atomic mass is 16.5. The number of hydrogen-bond donors (Lipinski definition) is 4. The maximum absolute atomic E-state index is 12.1. The van der Waals surface area contributed by atoms with E-state index >= 15 is 0 Å². The van der Waals surface area contributed by atoms with E-state index in [2.05, 4.69) is 10.6 Å². The third-order valence-corrected chi connectivity index (χ3v) is 4.07. The number of rotatable bonds is 12. The van der Waals surface area contributed by atoms with Gasteiger partial charge in [-0.05, 0) is 18.9 Å². The zero-order valence-corrected chi connectivity index (χ0v) is 17.1. The van der Waals surface area contributed by atoms with Gasteiger partial charge in [0.15, 0.2) is 0 Å². The number of carbonyl (C=O) groups excluding carboxylic acids is 4. The molecule has 0 aromatic heterocycles. The minimum absolute atomic E-state index is 0.0277. The zero-order chi connectivity index (χ0) is 22.5. The van der Waals surface area contributed by atoms with Crippen LogP contribution in [0.25, 0.3) is 0 Å². The summed E-state index contributed by atoms with van der Waals surface area (Å²) in [5.41, 5.74) is 6.08. The van der Waals surface area contributed by atoms with Gasteiger partial charge in [0.05, 0.1) is 25.0 Å². The van der Waals surface area contributed by atoms with Crippen LogP contribution in [0, 0.1) is 5.92 Å². The van der Waals surface area contributed by atoms with Crippen molar-refractivity contribution >= 4 is 23.9 Å². The number of hydrogen-bond acceptors (Lipinski definition) is 7. The molecule has 1 aromatic rings. The Balaban J connectivity index is 2.37. The molecular formula is C20H29N3O7. The molecule has 0 bridgehead atoms. The van der Waals surface area contributed by atoms with Gasteiger partial charge in [-0.15, -0.1) is 0 Å². The van der Waals surface area contributed by atoms with E-state index in [1.165, 1.54) is 0 Å². The first kappa shape index (κ1) is 24.9. The van der Waals surface area contributed by atoms with Gasteiger partial charge in [0, 0.05) is 6.54 Å². The van der Waals surface area contributed by atoms with Crippen molar-refractivity contribution in [3.8, 4) is 0 Å². The predicted molar refractivity (Wildman–Crippen MR) is 107 cm³/mol. The van der Waals surface area contributed by atoms with E-state index in [-0.39, 0.29) is 32.6 Å². The molecule has 0 radical (unpaired) electrons. The molecule has 1 rings (SSSR count). The lowest BCUT2D eigenvalue weighted by atomic mass is 10.0. The van der Waals surface area contributed by atoms with Crippen LogP contribution in [0.5, 0.6) is 0 Å². The molecule has 30 heavy (non-hydrogen) atoms.